The predicted octanol–water partition coefficient (Wildman–Crippen LogP) is 24.7. The van der Waals surface area contributed by atoms with Gasteiger partial charge in [0.2, 0.25) is 34.2 Å². The molecule has 0 aliphatic rings. The molecule has 0 aliphatic carbocycles. The molecule has 0 saturated heterocycles. The highest BCUT2D eigenvalue weighted by atomic mass is 32.9. The lowest BCUT2D eigenvalue weighted by atomic mass is 10.0. The molecule has 10 unspecified atom stereocenters. The zero-order valence-corrected chi connectivity index (χ0v) is 77.0. The standard InChI is InChI=1S/C41H87O7P3S6.C21H47O7P3S6/c1-12-20-24-38(16-5)28-43-49(52,44-29-39(17-6)25-21-13-2)56-33-36(10)47-51(54,55-32-35(9)42)48-37(11)34-57-50(53,45-30-40(18-7)26-22-14-3)46-31-41(19-8)27-23-15-4;1-15(2)23-29(32,24-16(3)4)36-13-20(10)27-31(34,35-12-19(9)22)28-21(11)14-37-30(33,25-17(5)6)26-18(7)8/h35-42H,12-34H2,1-11H3;15-22H,12-14H2,1-11H3. The lowest BCUT2D eigenvalue weighted by molar-refractivity contribution is 0.182. The Morgan fingerprint density at radius 3 is 0.628 bits per heavy atom. The topological polar surface area (TPSA) is 151 Å². The summed E-state index contributed by atoms with van der Waals surface area (Å²) in [5.74, 6) is 4.95. The summed E-state index contributed by atoms with van der Waals surface area (Å²) in [7, 11) is 0. The van der Waals surface area contributed by atoms with Gasteiger partial charge in [-0.25, -0.2) is 0 Å². The van der Waals surface area contributed by atoms with Crippen LogP contribution in [0.4, 0.5) is 0 Å². The Labute approximate surface area is 632 Å². The summed E-state index contributed by atoms with van der Waals surface area (Å²) < 4.78 is 76.2. The molecule has 2 N–H and O–H groups in total. The van der Waals surface area contributed by atoms with Crippen LogP contribution in [0.15, 0.2) is 0 Å². The van der Waals surface area contributed by atoms with E-state index in [2.05, 4.69) is 55.4 Å². The molecular formula is C62H134O14P6S12. The summed E-state index contributed by atoms with van der Waals surface area (Å²) in [6, 6.07) is 0. The first kappa shape index (κ1) is 101. The molecule has 0 aromatic carbocycles. The molecule has 0 rings (SSSR count). The molecule has 0 spiro atoms. The Morgan fingerprint density at radius 2 is 0.457 bits per heavy atom. The second-order valence-corrected chi connectivity index (χ2v) is 63.0. The zero-order chi connectivity index (χ0) is 72.2. The third-order valence-corrected chi connectivity index (χ3v) is 46.9. The van der Waals surface area contributed by atoms with Gasteiger partial charge < -0.3 is 64.5 Å². The van der Waals surface area contributed by atoms with Gasteiger partial charge in [0.1, 0.15) is 0 Å². The first-order chi connectivity index (χ1) is 43.9. The Hall–Kier alpha value is 5.44. The molecule has 32 heteroatoms. The number of hydrogen-bond acceptors (Lipinski definition) is 26. The van der Waals surface area contributed by atoms with Crippen LogP contribution in [0.2, 0.25) is 0 Å². The van der Waals surface area contributed by atoms with Crippen LogP contribution >= 0.6 is 102 Å². The van der Waals surface area contributed by atoms with Gasteiger partial charge in [-0.05, 0) is 217 Å². The Kier molecular flexibility index (Phi) is 62.1. The van der Waals surface area contributed by atoms with E-state index < -0.39 is 46.4 Å². The quantitative estimate of drug-likeness (QED) is 0.0555. The Morgan fingerprint density at radius 1 is 0.277 bits per heavy atom. The van der Waals surface area contributed by atoms with Gasteiger partial charge >= 0.3 is 0 Å². The second-order valence-electron chi connectivity index (χ2n) is 25.3. The van der Waals surface area contributed by atoms with Crippen molar-refractivity contribution in [2.24, 2.45) is 23.7 Å². The zero-order valence-electron chi connectivity index (χ0n) is 61.8. The van der Waals surface area contributed by atoms with E-state index in [4.69, 9.17) is 125 Å². The first-order valence-corrected chi connectivity index (χ1v) is 60.1. The van der Waals surface area contributed by atoms with E-state index in [1.165, 1.54) is 96.9 Å². The highest BCUT2D eigenvalue weighted by Gasteiger charge is 2.34. The summed E-state index contributed by atoms with van der Waals surface area (Å²) in [5.41, 5.74) is -16.1. The third kappa shape index (κ3) is 54.1. The van der Waals surface area contributed by atoms with Crippen molar-refractivity contribution in [3.63, 3.8) is 0 Å². The van der Waals surface area contributed by atoms with Crippen molar-refractivity contribution in [1.29, 1.82) is 0 Å². The van der Waals surface area contributed by atoms with Crippen LogP contribution in [0.3, 0.4) is 0 Å². The average molecular weight is 1670 g/mol. The molecule has 0 aliphatic heterocycles. The molecule has 94 heavy (non-hydrogen) atoms. The summed E-state index contributed by atoms with van der Waals surface area (Å²) in [4.78, 5) is 0. The highest BCUT2D eigenvalue weighted by Crippen LogP contribution is 2.69. The molecule has 14 nitrogen and oxygen atoms in total. The van der Waals surface area contributed by atoms with E-state index in [0.29, 0.717) is 84.6 Å². The SMILES string of the molecule is CC(O)CSP(=S)(OC(C)CSP(=S)(OC(C)C)OC(C)C)OC(C)CSP(=S)(OC(C)C)OC(C)C.CCCCC(CC)COP(=S)(OCC(CC)CCCC)SCC(C)OP(=S)(OC(C)CSP(=S)(OCC(CC)CCCC)OCC(CC)CCCC)SCC(C)O. The van der Waals surface area contributed by atoms with Gasteiger partial charge in [-0.3, -0.25) is 0 Å². The molecule has 0 heterocycles. The fourth-order valence-electron chi connectivity index (χ4n) is 8.17. The number of rotatable bonds is 62. The molecule has 0 aromatic heterocycles. The van der Waals surface area contributed by atoms with Crippen LogP contribution in [-0.4, -0.2) is 132 Å². The molecule has 0 aromatic rings. The Balaban J connectivity index is 0. The average Bonchev–Trinajstić information content (AvgIpc) is 0.984. The van der Waals surface area contributed by atoms with Gasteiger partial charge in [-0.2, -0.15) is 0 Å². The fraction of sp³-hybridized carbons (Fsp3) is 1.00. The number of aliphatic hydroxyl groups excluding tert-OH is 2. The van der Waals surface area contributed by atoms with Gasteiger partial charge in [0.15, 0.2) is 0 Å². The van der Waals surface area contributed by atoms with E-state index in [1.54, 1.807) is 36.6 Å². The van der Waals surface area contributed by atoms with E-state index in [-0.39, 0.29) is 48.8 Å². The van der Waals surface area contributed by atoms with Crippen LogP contribution in [-0.2, 0) is 125 Å². The molecule has 0 radical (unpaired) electrons. The van der Waals surface area contributed by atoms with Gasteiger partial charge in [0.05, 0.1) is 87.5 Å². The fourth-order valence-corrected chi connectivity index (χ4v) is 39.9. The Bertz CT molecular complexity index is 1980. The molecule has 0 bridgehead atoms. The molecule has 10 atom stereocenters. The summed E-state index contributed by atoms with van der Waals surface area (Å²) >= 11 is 44.9. The third-order valence-electron chi connectivity index (χ3n) is 13.5. The van der Waals surface area contributed by atoms with Crippen molar-refractivity contribution >= 4 is 173 Å². The van der Waals surface area contributed by atoms with E-state index in [1.807, 2.05) is 83.1 Å². The number of unbranched alkanes of at least 4 members (excludes halogenated alkanes) is 4. The van der Waals surface area contributed by atoms with E-state index >= 15 is 0 Å². The number of aliphatic hydroxyl groups is 2. The van der Waals surface area contributed by atoms with Crippen molar-refractivity contribution in [3.05, 3.63) is 0 Å². The van der Waals surface area contributed by atoms with Crippen LogP contribution in [0.25, 0.3) is 0 Å². The van der Waals surface area contributed by atoms with Gasteiger partial charge in [0.25, 0.3) is 0 Å². The van der Waals surface area contributed by atoms with Crippen LogP contribution < -0.4 is 0 Å². The van der Waals surface area contributed by atoms with Gasteiger partial charge in [-0.1, -0.05) is 201 Å². The normalized spacial score (nSPS) is 18.5. The molecule has 0 amide bonds. The molecular weight excluding hydrogens is 1540 g/mol. The van der Waals surface area contributed by atoms with Gasteiger partial charge in [0, 0.05) is 34.5 Å². The van der Waals surface area contributed by atoms with Crippen molar-refractivity contribution in [1.82, 2.24) is 0 Å². The highest BCUT2D eigenvalue weighted by molar-refractivity contribution is 8.70. The molecule has 568 valence electrons. The van der Waals surface area contributed by atoms with Gasteiger partial charge in [-0.15, -0.1) is 0 Å². The minimum atomic E-state index is -2.89. The van der Waals surface area contributed by atoms with Crippen LogP contribution in [0.5, 0.6) is 0 Å². The van der Waals surface area contributed by atoms with E-state index in [0.717, 1.165) is 51.4 Å². The van der Waals surface area contributed by atoms with E-state index in [9.17, 15) is 10.2 Å². The summed E-state index contributed by atoms with van der Waals surface area (Å²) in [6.07, 6.45) is 16.0. The molecule has 0 saturated carbocycles. The second kappa shape index (κ2) is 57.5. The van der Waals surface area contributed by atoms with Crippen LogP contribution in [0.1, 0.15) is 255 Å². The largest absolute Gasteiger partial charge is 0.393 e. The van der Waals surface area contributed by atoms with Crippen LogP contribution in [0, 0.1) is 23.7 Å². The van der Waals surface area contributed by atoms with Crippen molar-refractivity contribution in [2.75, 3.05) is 60.9 Å². The first-order valence-electron chi connectivity index (χ1n) is 34.8. The maximum atomic E-state index is 10.3. The minimum absolute atomic E-state index is 0.0409. The summed E-state index contributed by atoms with van der Waals surface area (Å²) in [5, 5.41) is 20.1. The smallest absolute Gasteiger partial charge is 0.248 e. The maximum absolute atomic E-state index is 10.3. The van der Waals surface area contributed by atoms with Crippen molar-refractivity contribution in [3.8, 4) is 0 Å². The minimum Gasteiger partial charge on any atom is -0.393 e. The lowest BCUT2D eigenvalue weighted by Crippen LogP contribution is -2.17. The summed E-state index contributed by atoms with van der Waals surface area (Å²) in [6.45, 7) is 47.4. The molecule has 0 fully saturated rings. The lowest BCUT2D eigenvalue weighted by Gasteiger charge is -2.31. The monoisotopic (exact) mass is 1670 g/mol. The predicted molar refractivity (Wildman–Crippen MR) is 448 cm³/mol. The number of hydrogen-bond donors (Lipinski definition) is 2. The van der Waals surface area contributed by atoms with Crippen molar-refractivity contribution in [2.45, 2.75) is 316 Å². The van der Waals surface area contributed by atoms with Crippen molar-refractivity contribution < 1.29 is 64.5 Å². The maximum Gasteiger partial charge on any atom is 0.248 e.